The van der Waals surface area contributed by atoms with Gasteiger partial charge < -0.3 is 14.8 Å². The molecule has 0 amide bonds. The van der Waals surface area contributed by atoms with Crippen molar-refractivity contribution in [2.24, 2.45) is 0 Å². The number of nitrogens with one attached hydrogen (secondary N) is 2. The van der Waals surface area contributed by atoms with Crippen LogP contribution in [0.25, 0.3) is 34.0 Å². The molecule has 0 aliphatic carbocycles. The third kappa shape index (κ3) is 4.03. The Kier molecular flexibility index (Phi) is 5.37. The molecule has 0 aliphatic rings. The summed E-state index contributed by atoms with van der Waals surface area (Å²) >= 11 is 3.24. The molecule has 0 aliphatic heterocycles. The lowest BCUT2D eigenvalue weighted by Crippen LogP contribution is -2.05. The Morgan fingerprint density at radius 3 is 2.66 bits per heavy atom. The van der Waals surface area contributed by atoms with E-state index in [1.165, 1.54) is 5.56 Å². The van der Waals surface area contributed by atoms with Crippen LogP contribution in [0.2, 0.25) is 0 Å². The number of pyridine rings is 1. The molecule has 4 rings (SSSR count). The van der Waals surface area contributed by atoms with Crippen LogP contribution in [0.3, 0.4) is 0 Å². The number of halogens is 1. The molecule has 0 radical (unpaired) electrons. The minimum atomic E-state index is -0.199. The quantitative estimate of drug-likeness (QED) is 0.476. The second-order valence-corrected chi connectivity index (χ2v) is 7.41. The van der Waals surface area contributed by atoms with Gasteiger partial charge in [0.05, 0.1) is 22.1 Å². The van der Waals surface area contributed by atoms with Gasteiger partial charge in [0.2, 0.25) is 0 Å². The number of hydrogen-bond donors (Lipinski definition) is 2. The number of aromatic amines is 1. The number of hydrogen-bond acceptors (Lipinski definition) is 6. The molecular formula is C21H18BrN5O2. The molecular weight excluding hydrogens is 434 g/mol. The fourth-order valence-corrected chi connectivity index (χ4v) is 3.31. The molecule has 0 bridgehead atoms. The summed E-state index contributed by atoms with van der Waals surface area (Å²) in [4.78, 5) is 23.4. The van der Waals surface area contributed by atoms with E-state index in [0.29, 0.717) is 21.6 Å². The van der Waals surface area contributed by atoms with Crippen LogP contribution in [-0.4, -0.2) is 27.2 Å². The van der Waals surface area contributed by atoms with Gasteiger partial charge in [-0.1, -0.05) is 29.4 Å². The van der Waals surface area contributed by atoms with Crippen LogP contribution in [0.1, 0.15) is 11.3 Å². The maximum Gasteiger partial charge on any atom is 0.262 e. The van der Waals surface area contributed by atoms with Gasteiger partial charge in [-0.05, 0) is 41.5 Å². The second-order valence-electron chi connectivity index (χ2n) is 6.56. The van der Waals surface area contributed by atoms with Gasteiger partial charge in [-0.3, -0.25) is 9.78 Å². The van der Waals surface area contributed by atoms with Crippen LogP contribution in [0, 0.1) is 6.92 Å². The van der Waals surface area contributed by atoms with Crippen molar-refractivity contribution in [3.05, 3.63) is 74.9 Å². The molecule has 0 saturated carbocycles. The first-order valence-corrected chi connectivity index (χ1v) is 9.77. The third-order valence-corrected chi connectivity index (χ3v) is 5.07. The molecule has 2 N–H and O–H groups in total. The van der Waals surface area contributed by atoms with E-state index in [4.69, 9.17) is 4.52 Å². The number of aryl methyl sites for hydroxylation is 1. The molecule has 3 heterocycles. The van der Waals surface area contributed by atoms with Crippen LogP contribution in [-0.2, 0) is 6.54 Å². The molecule has 0 unspecified atom stereocenters. The van der Waals surface area contributed by atoms with Crippen molar-refractivity contribution in [2.45, 2.75) is 13.5 Å². The summed E-state index contributed by atoms with van der Waals surface area (Å²) in [6.45, 7) is 2.68. The highest BCUT2D eigenvalue weighted by Crippen LogP contribution is 2.28. The minimum absolute atomic E-state index is 0.199. The van der Waals surface area contributed by atoms with Gasteiger partial charge in [-0.15, -0.1) is 0 Å². The Morgan fingerprint density at radius 2 is 1.93 bits per heavy atom. The van der Waals surface area contributed by atoms with Crippen LogP contribution >= 0.6 is 15.9 Å². The Labute approximate surface area is 175 Å². The van der Waals surface area contributed by atoms with Gasteiger partial charge in [0.25, 0.3) is 5.56 Å². The summed E-state index contributed by atoms with van der Waals surface area (Å²) in [7, 11) is 1.92. The average Bonchev–Trinajstić information content (AvgIpc) is 3.21. The molecule has 0 fully saturated rings. The monoisotopic (exact) mass is 451 g/mol. The van der Waals surface area contributed by atoms with Crippen molar-refractivity contribution in [2.75, 3.05) is 7.05 Å². The average molecular weight is 452 g/mol. The highest BCUT2D eigenvalue weighted by Gasteiger charge is 2.15. The second kappa shape index (κ2) is 8.10. The summed E-state index contributed by atoms with van der Waals surface area (Å²) in [6.07, 6.45) is 3.27. The van der Waals surface area contributed by atoms with Gasteiger partial charge in [0, 0.05) is 29.9 Å². The predicted molar refractivity (Wildman–Crippen MR) is 114 cm³/mol. The van der Waals surface area contributed by atoms with Gasteiger partial charge in [0.1, 0.15) is 11.4 Å². The largest absolute Gasteiger partial charge is 0.354 e. The highest BCUT2D eigenvalue weighted by atomic mass is 79.9. The van der Waals surface area contributed by atoms with Crippen molar-refractivity contribution in [3.63, 3.8) is 0 Å². The number of aromatic nitrogens is 4. The molecule has 4 aromatic rings. The van der Waals surface area contributed by atoms with E-state index in [9.17, 15) is 4.79 Å². The Morgan fingerprint density at radius 1 is 1.14 bits per heavy atom. The van der Waals surface area contributed by atoms with E-state index in [2.05, 4.69) is 53.5 Å². The van der Waals surface area contributed by atoms with Crippen LogP contribution < -0.4 is 10.9 Å². The normalized spacial score (nSPS) is 11.0. The first kappa shape index (κ1) is 19.2. The summed E-state index contributed by atoms with van der Waals surface area (Å²) < 4.78 is 6.00. The van der Waals surface area contributed by atoms with Crippen molar-refractivity contribution >= 4 is 15.9 Å². The summed E-state index contributed by atoms with van der Waals surface area (Å²) in [6, 6.07) is 11.7. The van der Waals surface area contributed by atoms with Crippen LogP contribution in [0.4, 0.5) is 0 Å². The van der Waals surface area contributed by atoms with Gasteiger partial charge >= 0.3 is 0 Å². The van der Waals surface area contributed by atoms with Gasteiger partial charge in [0.15, 0.2) is 5.76 Å². The summed E-state index contributed by atoms with van der Waals surface area (Å²) in [5.41, 5.74) is 5.39. The topological polar surface area (TPSA) is 96.7 Å². The molecule has 3 aromatic heterocycles. The predicted octanol–water partition coefficient (Wildman–Crippen LogP) is 3.94. The Balaban J connectivity index is 1.68. The number of benzene rings is 1. The zero-order chi connectivity index (χ0) is 20.4. The number of H-pyrrole nitrogens is 1. The molecule has 0 saturated heterocycles. The van der Waals surface area contributed by atoms with Crippen molar-refractivity contribution in [1.29, 1.82) is 0 Å². The van der Waals surface area contributed by atoms with E-state index in [-0.39, 0.29) is 5.56 Å². The lowest BCUT2D eigenvalue weighted by Gasteiger charge is -2.05. The summed E-state index contributed by atoms with van der Waals surface area (Å²) in [5.74, 6) is 0.537. The molecule has 8 heteroatoms. The van der Waals surface area contributed by atoms with E-state index in [1.54, 1.807) is 18.5 Å². The minimum Gasteiger partial charge on any atom is -0.354 e. The zero-order valence-corrected chi connectivity index (χ0v) is 17.4. The smallest absolute Gasteiger partial charge is 0.262 e. The molecule has 7 nitrogen and oxygen atoms in total. The number of nitrogens with zero attached hydrogens (tertiary/aromatic N) is 3. The molecule has 29 heavy (non-hydrogen) atoms. The molecule has 0 atom stereocenters. The standard InChI is InChI=1S/C21H18BrN5O2/c1-12-20(26-18(11-24-12)15-7-16(22)21(28)25-10-15)19-8-17(27-29-19)14-5-3-13(4-6-14)9-23-2/h3-8,10-11,23H,9H2,1-2H3,(H,25,28). The van der Waals surface area contributed by atoms with Crippen molar-refractivity contribution in [3.8, 4) is 34.0 Å². The fraction of sp³-hybridized carbons (Fsp3) is 0.143. The van der Waals surface area contributed by atoms with E-state index in [1.807, 2.05) is 32.2 Å². The zero-order valence-electron chi connectivity index (χ0n) is 15.9. The van der Waals surface area contributed by atoms with Gasteiger partial charge in [-0.25, -0.2) is 4.98 Å². The fourth-order valence-electron chi connectivity index (χ4n) is 2.95. The molecule has 1 aromatic carbocycles. The first-order valence-electron chi connectivity index (χ1n) is 8.98. The molecule has 146 valence electrons. The van der Waals surface area contributed by atoms with Crippen molar-refractivity contribution in [1.82, 2.24) is 25.4 Å². The maximum atomic E-state index is 11.6. The number of rotatable bonds is 5. The van der Waals surface area contributed by atoms with E-state index in [0.717, 1.165) is 29.1 Å². The van der Waals surface area contributed by atoms with Gasteiger partial charge in [-0.2, -0.15) is 0 Å². The van der Waals surface area contributed by atoms with Crippen LogP contribution in [0.5, 0.6) is 0 Å². The third-order valence-electron chi connectivity index (χ3n) is 4.48. The molecule has 0 spiro atoms. The van der Waals surface area contributed by atoms with E-state index < -0.39 is 0 Å². The maximum absolute atomic E-state index is 11.6. The SMILES string of the molecule is CNCc1ccc(-c2cc(-c3nc(-c4c[nH]c(=O)c(Br)c4)cnc3C)on2)cc1. The lowest BCUT2D eigenvalue weighted by molar-refractivity contribution is 0.433. The Bertz CT molecular complexity index is 1210. The highest BCUT2D eigenvalue weighted by molar-refractivity contribution is 9.10. The van der Waals surface area contributed by atoms with Crippen molar-refractivity contribution < 1.29 is 4.52 Å². The van der Waals surface area contributed by atoms with E-state index >= 15 is 0 Å². The van der Waals surface area contributed by atoms with Crippen LogP contribution in [0.15, 0.2) is 62.6 Å². The Hall–Kier alpha value is -3.10. The first-order chi connectivity index (χ1) is 14.0. The lowest BCUT2D eigenvalue weighted by atomic mass is 10.1. The summed E-state index contributed by atoms with van der Waals surface area (Å²) in [5, 5.41) is 7.32.